The van der Waals surface area contributed by atoms with E-state index in [9.17, 15) is 13.2 Å². The molecule has 5 nitrogen and oxygen atoms in total. The van der Waals surface area contributed by atoms with Crippen LogP contribution in [0, 0.1) is 5.41 Å². The highest BCUT2D eigenvalue weighted by atomic mass is 35.5. The van der Waals surface area contributed by atoms with Gasteiger partial charge in [-0.1, -0.05) is 11.6 Å². The Morgan fingerprint density at radius 3 is 2.04 bits per heavy atom. The second-order valence-corrected chi connectivity index (χ2v) is 10.2. The molecule has 0 radical (unpaired) electrons. The Morgan fingerprint density at radius 1 is 1.08 bits per heavy atom. The Balaban J connectivity index is 1.67. The molecule has 1 aliphatic carbocycles. The van der Waals surface area contributed by atoms with Crippen LogP contribution in [0.25, 0.3) is 0 Å². The molecule has 132 valence electrons. The topological polar surface area (TPSA) is 57.7 Å². The maximum absolute atomic E-state index is 12.6. The summed E-state index contributed by atoms with van der Waals surface area (Å²) >= 11 is 17.9. The Kier molecular flexibility index (Phi) is 4.58. The van der Waals surface area contributed by atoms with Gasteiger partial charge >= 0.3 is 0 Å². The first-order valence-electron chi connectivity index (χ1n) is 7.51. The van der Waals surface area contributed by atoms with E-state index >= 15 is 0 Å². The van der Waals surface area contributed by atoms with Crippen LogP contribution in [0.4, 0.5) is 0 Å². The Morgan fingerprint density at radius 2 is 1.58 bits per heavy atom. The summed E-state index contributed by atoms with van der Waals surface area (Å²) in [4.78, 5) is 14.4. The third-order valence-electron chi connectivity index (χ3n) is 4.71. The molecule has 1 heterocycles. The van der Waals surface area contributed by atoms with Gasteiger partial charge in [-0.15, -0.1) is 23.2 Å². The number of benzene rings is 1. The summed E-state index contributed by atoms with van der Waals surface area (Å²) < 4.78 is 25.6. The fraction of sp³-hybridized carbons (Fsp3) is 0.533. The van der Waals surface area contributed by atoms with Crippen molar-refractivity contribution in [2.45, 2.75) is 22.6 Å². The van der Waals surface area contributed by atoms with Crippen molar-refractivity contribution >= 4 is 50.7 Å². The molecule has 2 fully saturated rings. The standard InChI is InChI=1S/C15H17Cl3N2O3S/c1-14(10-15(14,17)18)13(21)19-6-8-20(9-7-19)24(22,23)12-4-2-11(16)3-5-12/h2-5H,6-10H2,1H3. The molecular weight excluding hydrogens is 395 g/mol. The molecular formula is C15H17Cl3N2O3S. The maximum Gasteiger partial charge on any atom is 0.243 e. The van der Waals surface area contributed by atoms with Gasteiger partial charge in [-0.2, -0.15) is 4.31 Å². The summed E-state index contributed by atoms with van der Waals surface area (Å²) in [5.41, 5.74) is -0.771. The lowest BCUT2D eigenvalue weighted by Crippen LogP contribution is -2.52. The highest BCUT2D eigenvalue weighted by Crippen LogP contribution is 2.64. The number of amides is 1. The molecule has 3 rings (SSSR count). The predicted molar refractivity (Wildman–Crippen MR) is 94.0 cm³/mol. The lowest BCUT2D eigenvalue weighted by molar-refractivity contribution is -0.137. The third kappa shape index (κ3) is 3.03. The first-order chi connectivity index (χ1) is 11.1. The quantitative estimate of drug-likeness (QED) is 0.719. The summed E-state index contributed by atoms with van der Waals surface area (Å²) in [6, 6.07) is 6.05. The van der Waals surface area contributed by atoms with E-state index in [4.69, 9.17) is 34.8 Å². The second kappa shape index (κ2) is 6.02. The highest BCUT2D eigenvalue weighted by Gasteiger charge is 2.68. The van der Waals surface area contributed by atoms with Crippen molar-refractivity contribution in [3.8, 4) is 0 Å². The molecule has 1 saturated heterocycles. The van der Waals surface area contributed by atoms with Crippen LogP contribution >= 0.6 is 34.8 Å². The second-order valence-electron chi connectivity index (χ2n) is 6.36. The van der Waals surface area contributed by atoms with Crippen LogP contribution in [0.2, 0.25) is 5.02 Å². The fourth-order valence-electron chi connectivity index (χ4n) is 2.87. The van der Waals surface area contributed by atoms with Crippen molar-refractivity contribution < 1.29 is 13.2 Å². The summed E-state index contributed by atoms with van der Waals surface area (Å²) in [6.45, 7) is 2.87. The number of sulfonamides is 1. The van der Waals surface area contributed by atoms with Crippen LogP contribution in [0.15, 0.2) is 29.2 Å². The van der Waals surface area contributed by atoms with E-state index in [-0.39, 0.29) is 23.9 Å². The number of nitrogens with zero attached hydrogens (tertiary/aromatic N) is 2. The minimum atomic E-state index is -3.59. The van der Waals surface area contributed by atoms with Gasteiger partial charge in [0.25, 0.3) is 0 Å². The van der Waals surface area contributed by atoms with Gasteiger partial charge in [-0.3, -0.25) is 4.79 Å². The number of hydrogen-bond donors (Lipinski definition) is 0. The zero-order valence-electron chi connectivity index (χ0n) is 13.0. The van der Waals surface area contributed by atoms with Crippen LogP contribution in [-0.4, -0.2) is 54.0 Å². The molecule has 0 spiro atoms. The molecule has 0 aromatic heterocycles. The summed E-state index contributed by atoms with van der Waals surface area (Å²) in [7, 11) is -3.59. The number of alkyl halides is 2. The van der Waals surface area contributed by atoms with E-state index in [2.05, 4.69) is 0 Å². The SMILES string of the molecule is CC1(C(=O)N2CCN(S(=O)(=O)c3ccc(Cl)cc3)CC2)CC1(Cl)Cl. The summed E-state index contributed by atoms with van der Waals surface area (Å²) in [5.74, 6) is -0.115. The van der Waals surface area contributed by atoms with Gasteiger partial charge in [0, 0.05) is 31.2 Å². The smallest absolute Gasteiger partial charge is 0.243 e. The average molecular weight is 412 g/mol. The van der Waals surface area contributed by atoms with E-state index in [1.54, 1.807) is 24.0 Å². The first-order valence-corrected chi connectivity index (χ1v) is 10.1. The molecule has 24 heavy (non-hydrogen) atoms. The third-order valence-corrected chi connectivity index (χ3v) is 7.97. The largest absolute Gasteiger partial charge is 0.339 e. The van der Waals surface area contributed by atoms with E-state index in [0.29, 0.717) is 24.5 Å². The monoisotopic (exact) mass is 410 g/mol. The minimum absolute atomic E-state index is 0.115. The number of carbonyl (C=O) groups is 1. The predicted octanol–water partition coefficient (Wildman–Crippen LogP) is 2.76. The molecule has 0 bridgehead atoms. The minimum Gasteiger partial charge on any atom is -0.339 e. The number of halogens is 3. The lowest BCUT2D eigenvalue weighted by Gasteiger charge is -2.35. The van der Waals surface area contributed by atoms with Gasteiger partial charge in [-0.05, 0) is 37.6 Å². The lowest BCUT2D eigenvalue weighted by atomic mass is 10.1. The maximum atomic E-state index is 12.6. The Labute approximate surface area is 156 Å². The van der Waals surface area contributed by atoms with Crippen LogP contribution in [0.3, 0.4) is 0 Å². The first kappa shape index (κ1) is 18.3. The van der Waals surface area contributed by atoms with Crippen molar-refractivity contribution in [2.75, 3.05) is 26.2 Å². The molecule has 1 aromatic carbocycles. The van der Waals surface area contributed by atoms with E-state index in [1.807, 2.05) is 0 Å². The Hall–Kier alpha value is -0.530. The van der Waals surface area contributed by atoms with Crippen molar-refractivity contribution in [3.63, 3.8) is 0 Å². The Bertz CT molecular complexity index is 759. The summed E-state index contributed by atoms with van der Waals surface area (Å²) in [5, 5.41) is 0.479. The molecule has 2 aliphatic rings. The van der Waals surface area contributed by atoms with Crippen LogP contribution < -0.4 is 0 Å². The van der Waals surface area contributed by atoms with Crippen molar-refractivity contribution in [1.82, 2.24) is 9.21 Å². The molecule has 1 aromatic rings. The molecule has 1 saturated carbocycles. The molecule has 0 N–H and O–H groups in total. The molecule has 1 amide bonds. The van der Waals surface area contributed by atoms with Gasteiger partial charge < -0.3 is 4.90 Å². The zero-order valence-corrected chi connectivity index (χ0v) is 16.1. The average Bonchev–Trinajstić information content (AvgIpc) is 3.06. The van der Waals surface area contributed by atoms with Crippen molar-refractivity contribution in [1.29, 1.82) is 0 Å². The van der Waals surface area contributed by atoms with Gasteiger partial charge in [0.15, 0.2) is 0 Å². The molecule has 1 unspecified atom stereocenters. The number of rotatable bonds is 3. The normalized spacial score (nSPS) is 27.1. The zero-order chi connectivity index (χ0) is 17.8. The van der Waals surface area contributed by atoms with Crippen LogP contribution in [0.1, 0.15) is 13.3 Å². The molecule has 1 atom stereocenters. The van der Waals surface area contributed by atoms with Crippen molar-refractivity contribution in [3.05, 3.63) is 29.3 Å². The van der Waals surface area contributed by atoms with Gasteiger partial charge in [0.2, 0.25) is 15.9 Å². The van der Waals surface area contributed by atoms with Gasteiger partial charge in [-0.25, -0.2) is 8.42 Å². The number of piperazine rings is 1. The van der Waals surface area contributed by atoms with Gasteiger partial charge in [0.05, 0.1) is 10.3 Å². The van der Waals surface area contributed by atoms with E-state index < -0.39 is 19.8 Å². The van der Waals surface area contributed by atoms with Gasteiger partial charge in [0.1, 0.15) is 4.33 Å². The number of hydrogen-bond acceptors (Lipinski definition) is 3. The van der Waals surface area contributed by atoms with E-state index in [0.717, 1.165) is 0 Å². The molecule has 9 heteroatoms. The fourth-order valence-corrected chi connectivity index (χ4v) is 5.11. The number of carbonyl (C=O) groups excluding carboxylic acids is 1. The highest BCUT2D eigenvalue weighted by molar-refractivity contribution is 7.89. The molecule has 1 aliphatic heterocycles. The van der Waals surface area contributed by atoms with Crippen LogP contribution in [0.5, 0.6) is 0 Å². The summed E-state index contributed by atoms with van der Waals surface area (Å²) in [6.07, 6.45) is 0.422. The van der Waals surface area contributed by atoms with Crippen LogP contribution in [-0.2, 0) is 14.8 Å². The van der Waals surface area contributed by atoms with Crippen molar-refractivity contribution in [2.24, 2.45) is 5.41 Å². The van der Waals surface area contributed by atoms with E-state index in [1.165, 1.54) is 16.4 Å².